The van der Waals surface area contributed by atoms with Crippen LogP contribution >= 0.6 is 0 Å². The molecular formula is C23H29N3O3. The molecule has 1 aromatic heterocycles. The van der Waals surface area contributed by atoms with Gasteiger partial charge in [-0.1, -0.05) is 18.6 Å². The first-order chi connectivity index (χ1) is 14.3. The van der Waals surface area contributed by atoms with E-state index in [1.807, 2.05) is 35.4 Å². The molecular weight excluding hydrogens is 366 g/mol. The Balaban J connectivity index is 1.60. The van der Waals surface area contributed by atoms with Crippen LogP contribution in [0.15, 0.2) is 42.7 Å². The number of amides is 1. The average molecular weight is 396 g/mol. The third-order valence-corrected chi connectivity index (χ3v) is 5.90. The molecule has 2 aliphatic rings. The van der Waals surface area contributed by atoms with Crippen LogP contribution < -0.4 is 4.74 Å². The fourth-order valence-electron chi connectivity index (χ4n) is 4.30. The van der Waals surface area contributed by atoms with E-state index < -0.39 is 0 Å². The number of carbonyl (C=O) groups excluding carboxylic acids is 1. The summed E-state index contributed by atoms with van der Waals surface area (Å²) in [6.07, 6.45) is 7.48. The number of hydrogen-bond acceptors (Lipinski definition) is 5. The molecule has 0 spiro atoms. The van der Waals surface area contributed by atoms with Gasteiger partial charge in [0.05, 0.1) is 19.8 Å². The van der Waals surface area contributed by atoms with Crippen LogP contribution in [0, 0.1) is 0 Å². The number of morpholine rings is 1. The summed E-state index contributed by atoms with van der Waals surface area (Å²) in [6, 6.07) is 9.87. The van der Waals surface area contributed by atoms with Crippen molar-refractivity contribution in [1.29, 1.82) is 0 Å². The number of nitrogens with zero attached hydrogens (tertiary/aromatic N) is 3. The topological polar surface area (TPSA) is 54.9 Å². The van der Waals surface area contributed by atoms with E-state index in [1.54, 1.807) is 13.3 Å². The molecule has 0 radical (unpaired) electrons. The molecule has 0 aliphatic carbocycles. The van der Waals surface area contributed by atoms with Crippen molar-refractivity contribution in [3.63, 3.8) is 0 Å². The van der Waals surface area contributed by atoms with Gasteiger partial charge in [-0.3, -0.25) is 9.78 Å². The normalized spacial score (nSPS) is 20.7. The molecule has 2 fully saturated rings. The summed E-state index contributed by atoms with van der Waals surface area (Å²) in [5, 5.41) is 0. The largest absolute Gasteiger partial charge is 0.497 e. The Morgan fingerprint density at radius 1 is 1.17 bits per heavy atom. The number of likely N-dealkylation sites (tertiary alicyclic amines) is 1. The Kier molecular flexibility index (Phi) is 6.42. The van der Waals surface area contributed by atoms with Crippen LogP contribution in [-0.4, -0.2) is 67.2 Å². The molecule has 0 N–H and O–H groups in total. The Bertz CT molecular complexity index is 836. The summed E-state index contributed by atoms with van der Waals surface area (Å²) in [5.41, 5.74) is 3.13. The second kappa shape index (κ2) is 9.37. The number of pyridine rings is 1. The Hall–Kier alpha value is -2.44. The second-order valence-electron chi connectivity index (χ2n) is 7.72. The van der Waals surface area contributed by atoms with E-state index in [0.717, 1.165) is 48.6 Å². The molecule has 6 heteroatoms. The van der Waals surface area contributed by atoms with Crippen molar-refractivity contribution in [2.45, 2.75) is 25.3 Å². The van der Waals surface area contributed by atoms with Gasteiger partial charge >= 0.3 is 0 Å². The van der Waals surface area contributed by atoms with E-state index in [1.165, 1.54) is 19.3 Å². The van der Waals surface area contributed by atoms with E-state index >= 15 is 0 Å². The predicted molar refractivity (Wildman–Crippen MR) is 112 cm³/mol. The van der Waals surface area contributed by atoms with E-state index in [4.69, 9.17) is 9.47 Å². The number of benzene rings is 1. The number of methoxy groups -OCH3 is 1. The molecule has 1 amide bonds. The first-order valence-corrected chi connectivity index (χ1v) is 10.4. The van der Waals surface area contributed by atoms with Crippen LogP contribution in [0.2, 0.25) is 0 Å². The molecule has 2 aromatic rings. The van der Waals surface area contributed by atoms with Crippen molar-refractivity contribution in [3.05, 3.63) is 48.3 Å². The number of aromatic nitrogens is 1. The lowest BCUT2D eigenvalue weighted by Gasteiger charge is -2.38. The molecule has 1 aromatic carbocycles. The highest BCUT2D eigenvalue weighted by Crippen LogP contribution is 2.34. The summed E-state index contributed by atoms with van der Waals surface area (Å²) in [6.45, 7) is 4.55. The molecule has 29 heavy (non-hydrogen) atoms. The number of carbonyl (C=O) groups is 1. The second-order valence-corrected chi connectivity index (χ2v) is 7.72. The van der Waals surface area contributed by atoms with Gasteiger partial charge in [-0.25, -0.2) is 0 Å². The van der Waals surface area contributed by atoms with Gasteiger partial charge < -0.3 is 19.3 Å². The maximum absolute atomic E-state index is 12.7. The Morgan fingerprint density at radius 2 is 2.03 bits per heavy atom. The first kappa shape index (κ1) is 19.9. The van der Waals surface area contributed by atoms with Crippen molar-refractivity contribution in [1.82, 2.24) is 14.8 Å². The van der Waals surface area contributed by atoms with Crippen LogP contribution in [-0.2, 0) is 9.53 Å². The number of piperidine rings is 1. The van der Waals surface area contributed by atoms with Crippen molar-refractivity contribution in [3.8, 4) is 16.9 Å². The van der Waals surface area contributed by atoms with Crippen LogP contribution in [0.25, 0.3) is 11.1 Å². The van der Waals surface area contributed by atoms with Crippen molar-refractivity contribution >= 4 is 5.91 Å². The van der Waals surface area contributed by atoms with Crippen molar-refractivity contribution < 1.29 is 14.3 Å². The Labute approximate surface area is 172 Å². The average Bonchev–Trinajstić information content (AvgIpc) is 2.79. The van der Waals surface area contributed by atoms with Gasteiger partial charge in [0.25, 0.3) is 0 Å². The van der Waals surface area contributed by atoms with Crippen molar-refractivity contribution in [2.75, 3.05) is 46.5 Å². The van der Waals surface area contributed by atoms with Crippen LogP contribution in [0.1, 0.15) is 30.9 Å². The molecule has 0 saturated carbocycles. The third kappa shape index (κ3) is 4.60. The highest BCUT2D eigenvalue weighted by molar-refractivity contribution is 5.79. The highest BCUT2D eigenvalue weighted by Gasteiger charge is 2.32. The summed E-state index contributed by atoms with van der Waals surface area (Å²) < 4.78 is 11.0. The molecule has 1 atom stereocenters. The molecule has 2 saturated heterocycles. The summed E-state index contributed by atoms with van der Waals surface area (Å²) in [5.74, 6) is 0.863. The summed E-state index contributed by atoms with van der Waals surface area (Å²) in [4.78, 5) is 21.6. The van der Waals surface area contributed by atoms with E-state index in [9.17, 15) is 4.79 Å². The number of ether oxygens (including phenoxy) is 2. The van der Waals surface area contributed by atoms with Crippen molar-refractivity contribution in [2.24, 2.45) is 0 Å². The predicted octanol–water partition coefficient (Wildman–Crippen LogP) is 3.14. The van der Waals surface area contributed by atoms with Crippen LogP contribution in [0.4, 0.5) is 0 Å². The van der Waals surface area contributed by atoms with E-state index in [0.29, 0.717) is 6.61 Å². The maximum Gasteiger partial charge on any atom is 0.249 e. The zero-order valence-electron chi connectivity index (χ0n) is 17.0. The lowest BCUT2D eigenvalue weighted by Crippen LogP contribution is -2.48. The zero-order valence-corrected chi connectivity index (χ0v) is 17.0. The molecule has 3 heterocycles. The highest BCUT2D eigenvalue weighted by atomic mass is 16.5. The van der Waals surface area contributed by atoms with Gasteiger partial charge in [0, 0.05) is 31.0 Å². The maximum atomic E-state index is 12.7. The lowest BCUT2D eigenvalue weighted by molar-refractivity contribution is -0.148. The van der Waals surface area contributed by atoms with E-state index in [-0.39, 0.29) is 18.6 Å². The van der Waals surface area contributed by atoms with Gasteiger partial charge in [0.1, 0.15) is 12.4 Å². The van der Waals surface area contributed by atoms with Crippen LogP contribution in [0.5, 0.6) is 5.75 Å². The zero-order chi connectivity index (χ0) is 20.1. The molecule has 0 bridgehead atoms. The van der Waals surface area contributed by atoms with Gasteiger partial charge in [0.15, 0.2) is 0 Å². The minimum Gasteiger partial charge on any atom is -0.497 e. The number of hydrogen-bond donors (Lipinski definition) is 0. The monoisotopic (exact) mass is 395 g/mol. The first-order valence-electron chi connectivity index (χ1n) is 10.4. The van der Waals surface area contributed by atoms with Crippen LogP contribution in [0.3, 0.4) is 0 Å². The lowest BCUT2D eigenvalue weighted by atomic mass is 9.95. The van der Waals surface area contributed by atoms with E-state index in [2.05, 4.69) is 16.0 Å². The minimum atomic E-state index is -0.129. The fraction of sp³-hybridized carbons (Fsp3) is 0.478. The molecule has 4 rings (SSSR count). The number of rotatable bonds is 6. The van der Waals surface area contributed by atoms with Gasteiger partial charge in [-0.05, 0) is 55.3 Å². The SMILES string of the molecule is COc1cccc(-c2ccncc2C2COCC(=O)N2CCN2CCCCC2)c1. The van der Waals surface area contributed by atoms with Gasteiger partial charge in [0.2, 0.25) is 5.91 Å². The summed E-state index contributed by atoms with van der Waals surface area (Å²) in [7, 11) is 1.67. The quantitative estimate of drug-likeness (QED) is 0.752. The smallest absolute Gasteiger partial charge is 0.249 e. The van der Waals surface area contributed by atoms with Gasteiger partial charge in [-0.15, -0.1) is 0 Å². The summed E-state index contributed by atoms with van der Waals surface area (Å²) >= 11 is 0. The molecule has 154 valence electrons. The standard InChI is InChI=1S/C23H29N3O3/c1-28-19-7-5-6-18(14-19)20-8-9-24-15-21(20)22-16-29-17-23(27)26(22)13-12-25-10-3-2-4-11-25/h5-9,14-15,22H,2-4,10-13,16-17H2,1H3. The molecule has 1 unspecified atom stereocenters. The molecule has 6 nitrogen and oxygen atoms in total. The minimum absolute atomic E-state index is 0.0544. The third-order valence-electron chi connectivity index (χ3n) is 5.90. The molecule has 2 aliphatic heterocycles. The fourth-order valence-corrected chi connectivity index (χ4v) is 4.30. The Morgan fingerprint density at radius 3 is 2.86 bits per heavy atom. The van der Waals surface area contributed by atoms with Gasteiger partial charge in [-0.2, -0.15) is 0 Å².